The molecule has 1 amide bonds. The maximum Gasteiger partial charge on any atom is 0.411 e. The van der Waals surface area contributed by atoms with Crippen molar-refractivity contribution in [1.29, 1.82) is 5.26 Å². The summed E-state index contributed by atoms with van der Waals surface area (Å²) in [7, 11) is 0. The van der Waals surface area contributed by atoms with E-state index in [1.54, 1.807) is 27.7 Å². The molecular weight excluding hydrogens is 545 g/mol. The van der Waals surface area contributed by atoms with Crippen molar-refractivity contribution >= 4 is 6.09 Å². The Morgan fingerprint density at radius 1 is 1.46 bits per heavy atom. The van der Waals surface area contributed by atoms with Crippen LogP contribution in [-0.4, -0.2) is 45.4 Å². The Bertz CT molecular complexity index is 537. The number of likely N-dealkylation sites (tertiary alicyclic amines) is 1. The number of nitrogens with zero attached hydrogens (tertiary/aromatic N) is 2. The molecule has 0 saturated carbocycles. The number of hydrogen-bond acceptors (Lipinski definition) is 4. The van der Waals surface area contributed by atoms with E-state index in [9.17, 15) is 15.2 Å². The minimum Gasteiger partial charge on any atom is -0.671 e. The molecule has 6 nitrogen and oxygen atoms in total. The van der Waals surface area contributed by atoms with Crippen LogP contribution in [0.25, 0.3) is 5.73 Å². The first-order chi connectivity index (χ1) is 11.5. The summed E-state index contributed by atoms with van der Waals surface area (Å²) in [5.41, 5.74) is 6.72. The van der Waals surface area contributed by atoms with Crippen molar-refractivity contribution in [1.82, 2.24) is 4.90 Å². The third kappa shape index (κ3) is 6.48. The molecule has 1 saturated heterocycles. The zero-order chi connectivity index (χ0) is 19.4. The van der Waals surface area contributed by atoms with Gasteiger partial charge < -0.3 is 15.6 Å². The van der Waals surface area contributed by atoms with Crippen LogP contribution in [-0.2, 0) is 4.74 Å². The number of rotatable bonds is 5. The van der Waals surface area contributed by atoms with Crippen molar-refractivity contribution in [3.05, 3.63) is 17.9 Å². The third-order valence-electron chi connectivity index (χ3n) is 4.55. The van der Waals surface area contributed by atoms with Crippen LogP contribution in [0.4, 0.5) is 4.79 Å². The van der Waals surface area contributed by atoms with Crippen LogP contribution in [0.2, 0.25) is 0 Å². The van der Waals surface area contributed by atoms with E-state index in [0.29, 0.717) is 12.8 Å². The maximum absolute atomic E-state index is 12.7. The zero-order valence-corrected chi connectivity index (χ0v) is 21.6. The van der Waals surface area contributed by atoms with Crippen molar-refractivity contribution in [3.63, 3.8) is 0 Å². The molecule has 0 aromatic heterocycles. The minimum atomic E-state index is -1.25. The topological polar surface area (TPSA) is 97.4 Å². The van der Waals surface area contributed by atoms with E-state index in [-0.39, 0.29) is 50.0 Å². The summed E-state index contributed by atoms with van der Waals surface area (Å²) in [4.78, 5) is 14.1. The number of nitriles is 1. The summed E-state index contributed by atoms with van der Waals surface area (Å²) >= 11 is 0. The molecule has 0 aromatic carbocycles. The molecule has 0 bridgehead atoms. The molecule has 0 aliphatic carbocycles. The van der Waals surface area contributed by atoms with Gasteiger partial charge in [0.15, 0.2) is 0 Å². The Balaban J connectivity index is 0.00000625. The summed E-state index contributed by atoms with van der Waals surface area (Å²) < 4.78 is 5.48. The smallest absolute Gasteiger partial charge is 0.411 e. The summed E-state index contributed by atoms with van der Waals surface area (Å²) in [5, 5.41) is 20.3. The van der Waals surface area contributed by atoms with Gasteiger partial charge in [-0.15, -0.1) is 0 Å². The fourth-order valence-corrected chi connectivity index (χ4v) is 3.48. The van der Waals surface area contributed by atoms with Crippen LogP contribution in [0.3, 0.4) is 0 Å². The van der Waals surface area contributed by atoms with Crippen LogP contribution >= 0.6 is 0 Å². The van der Waals surface area contributed by atoms with Gasteiger partial charge in [-0.3, -0.25) is 4.90 Å². The predicted octanol–water partition coefficient (Wildman–Crippen LogP) is 4.05. The van der Waals surface area contributed by atoms with E-state index >= 15 is 0 Å². The normalized spacial score (nSPS) is 26.7. The summed E-state index contributed by atoms with van der Waals surface area (Å²) in [6, 6.07) is -0.0280. The molecule has 1 heterocycles. The summed E-state index contributed by atoms with van der Waals surface area (Å²) in [6.07, 6.45) is 4.83. The molecule has 1 aliphatic rings. The molecule has 145 valence electrons. The van der Waals surface area contributed by atoms with E-state index in [0.717, 1.165) is 6.42 Å². The van der Waals surface area contributed by atoms with Gasteiger partial charge in [-0.2, -0.15) is 5.26 Å². The molecule has 1 radical (unpaired) electrons. The Labute approximate surface area is 193 Å². The summed E-state index contributed by atoms with van der Waals surface area (Å²) in [5.74, 6) is -0.159. The van der Waals surface area contributed by atoms with Crippen LogP contribution in [0.5, 0.6) is 0 Å². The number of allylic oxidation sites excluding steroid dienone is 1. The Kier molecular flexibility index (Phi) is 10.4. The van der Waals surface area contributed by atoms with E-state index in [1.807, 2.05) is 26.0 Å². The largest absolute Gasteiger partial charge is 0.671 e. The molecule has 1 rings (SSSR count). The van der Waals surface area contributed by atoms with E-state index < -0.39 is 35.4 Å². The van der Waals surface area contributed by atoms with Crippen molar-refractivity contribution in [2.75, 3.05) is 0 Å². The summed E-state index contributed by atoms with van der Waals surface area (Å²) in [6.45, 7) is 10.8. The van der Waals surface area contributed by atoms with E-state index in [1.165, 1.54) is 4.90 Å². The molecular formula is C19H32AcN3O3-. The fraction of sp³-hybridized carbons (Fsp3) is 0.789. The van der Waals surface area contributed by atoms with Gasteiger partial charge in [-0.05, 0) is 53.4 Å². The average Bonchev–Trinajstić information content (AvgIpc) is 2.83. The van der Waals surface area contributed by atoms with Gasteiger partial charge in [0.1, 0.15) is 11.6 Å². The van der Waals surface area contributed by atoms with E-state index in [2.05, 4.69) is 6.07 Å². The van der Waals surface area contributed by atoms with Crippen LogP contribution in [0.15, 0.2) is 12.2 Å². The molecule has 5 atom stereocenters. The van der Waals surface area contributed by atoms with Crippen molar-refractivity contribution in [2.45, 2.75) is 90.1 Å². The number of carbonyl (C=O) groups excluding carboxylic acids is 1. The molecule has 1 aliphatic heterocycles. The van der Waals surface area contributed by atoms with Gasteiger partial charge in [-0.25, -0.2) is 4.79 Å². The average molecular weight is 577 g/mol. The van der Waals surface area contributed by atoms with Crippen LogP contribution in [0.1, 0.15) is 60.8 Å². The van der Waals surface area contributed by atoms with Crippen LogP contribution in [0, 0.1) is 61.3 Å². The number of ether oxygens (including phenoxy) is 1. The first-order valence-corrected chi connectivity index (χ1v) is 8.95. The van der Waals surface area contributed by atoms with Crippen molar-refractivity contribution < 1.29 is 58.7 Å². The first-order valence-electron chi connectivity index (χ1n) is 8.95. The molecule has 0 unspecified atom stereocenters. The molecule has 0 aromatic rings. The quantitative estimate of drug-likeness (QED) is 0.499. The molecule has 7 heteroatoms. The zero-order valence-electron chi connectivity index (χ0n) is 16.8. The third-order valence-corrected chi connectivity index (χ3v) is 4.55. The Morgan fingerprint density at radius 2 is 2.04 bits per heavy atom. The van der Waals surface area contributed by atoms with Crippen molar-refractivity contribution in [3.8, 4) is 6.07 Å². The number of aliphatic hydroxyl groups is 1. The van der Waals surface area contributed by atoms with Crippen LogP contribution < -0.4 is 0 Å². The second kappa shape index (κ2) is 10.4. The minimum absolute atomic E-state index is 0. The predicted molar refractivity (Wildman–Crippen MR) is 97.8 cm³/mol. The molecule has 26 heavy (non-hydrogen) atoms. The Hall–Kier alpha value is -0.138. The fourth-order valence-electron chi connectivity index (χ4n) is 3.48. The number of amides is 1. The number of nitrogens with one attached hydrogen (secondary N) is 1. The van der Waals surface area contributed by atoms with Gasteiger partial charge in [0.05, 0.1) is 6.07 Å². The van der Waals surface area contributed by atoms with Gasteiger partial charge in [-0.1, -0.05) is 31.5 Å². The van der Waals surface area contributed by atoms with Gasteiger partial charge in [0.2, 0.25) is 0 Å². The number of carbonyl (C=O) groups is 1. The molecule has 1 fully saturated rings. The van der Waals surface area contributed by atoms with Gasteiger partial charge >= 0.3 is 6.09 Å². The molecule has 0 spiro atoms. The SMILES string of the molecule is C/C=C\[C@@H]1C[C@H](C#N)N(C(=O)OC(C)(C)C)[C@H]1[C@@H]([NH-])[C@@](C)(O)CCC.[Ac]. The second-order valence-electron chi connectivity index (χ2n) is 8.03. The van der Waals surface area contributed by atoms with Gasteiger partial charge in [0.25, 0.3) is 0 Å². The van der Waals surface area contributed by atoms with E-state index in [4.69, 9.17) is 10.5 Å². The van der Waals surface area contributed by atoms with Gasteiger partial charge in [0, 0.05) is 55.7 Å². The maximum atomic E-state index is 12.7. The first kappa shape index (κ1) is 25.9. The monoisotopic (exact) mass is 577 g/mol. The van der Waals surface area contributed by atoms with Crippen molar-refractivity contribution in [2.24, 2.45) is 5.92 Å². The second-order valence-corrected chi connectivity index (χ2v) is 8.03. The Morgan fingerprint density at radius 3 is 2.46 bits per heavy atom. The molecule has 2 N–H and O–H groups in total. The number of hydrogen-bond donors (Lipinski definition) is 1. The standard InChI is InChI=1S/C19H32N3O3.Ac/c1-7-9-13-11-14(12-20)22(17(23)25-18(3,4)5)15(13)16(21)19(6,24)10-8-2;/h7,9,13-16,21,24H,8,10-11H2,1-6H3;/q-1;/b9-7-;/t13-,14-,15-,16-,19+;/m1./s1.